The Labute approximate surface area is 282 Å². The summed E-state index contributed by atoms with van der Waals surface area (Å²) in [6.07, 6.45) is 15.6. The predicted octanol–water partition coefficient (Wildman–Crippen LogP) is 0.166. The summed E-state index contributed by atoms with van der Waals surface area (Å²) < 4.78 is 74.8. The van der Waals surface area contributed by atoms with Gasteiger partial charge in [0.1, 0.15) is 0 Å². The zero-order valence-corrected chi connectivity index (χ0v) is 28.0. The van der Waals surface area contributed by atoms with Crippen LogP contribution < -0.4 is 103 Å². The Morgan fingerprint density at radius 1 is 0.903 bits per heavy atom. The molecule has 0 saturated heterocycles. The minimum absolute atomic E-state index is 0. The number of unbranched alkanes of at least 4 members (excludes halogenated alkanes) is 1. The van der Waals surface area contributed by atoms with Crippen LogP contribution in [-0.2, 0) is 41.5 Å². The normalized spacial score (nSPS) is 18.7. The topological polar surface area (TPSA) is 72.8 Å². The van der Waals surface area contributed by atoms with Gasteiger partial charge in [0.2, 0.25) is 0 Å². The van der Waals surface area contributed by atoms with Crippen molar-refractivity contribution < 1.29 is 150 Å². The van der Waals surface area contributed by atoms with Gasteiger partial charge in [-0.05, 0) is 29.2 Å². The van der Waals surface area contributed by atoms with Gasteiger partial charge in [-0.25, -0.2) is 12.6 Å². The molecule has 0 aromatic rings. The third-order valence-corrected chi connectivity index (χ3v) is 8.64. The van der Waals surface area contributed by atoms with Gasteiger partial charge in [0, 0.05) is 17.1 Å². The van der Waals surface area contributed by atoms with Crippen LogP contribution >= 0.6 is 0 Å². The number of hydrogen-bond donors (Lipinski definition) is 0. The van der Waals surface area contributed by atoms with Gasteiger partial charge < -0.3 is 0 Å². The maximum Gasteiger partial charge on any atom is 1.00 e. The molecular formula is C18H34F3FeK2NO4S2+2. The fraction of sp³-hybridized carbons (Fsp3) is 1.00. The number of alkyl halides is 2. The van der Waals surface area contributed by atoms with Gasteiger partial charge in [-0.15, -0.1) is 0 Å². The Balaban J connectivity index is -0.000000558. The van der Waals surface area contributed by atoms with Crippen LogP contribution in [0.3, 0.4) is 0 Å². The number of halogens is 3. The van der Waals surface area contributed by atoms with Crippen molar-refractivity contribution in [2.75, 3.05) is 5.75 Å². The molecule has 5 nitrogen and oxygen atoms in total. The molecule has 0 aromatic carbocycles. The summed E-state index contributed by atoms with van der Waals surface area (Å²) in [6.45, 7) is 2.29. The van der Waals surface area contributed by atoms with Crippen molar-refractivity contribution in [1.82, 2.24) is 0 Å². The van der Waals surface area contributed by atoms with Crippen LogP contribution in [0.25, 0.3) is 0 Å². The zero-order valence-electron chi connectivity index (χ0n) is 19.0. The molecule has 1 unspecified atom stereocenters. The molecular weight excluding hydrogens is 549 g/mol. The van der Waals surface area contributed by atoms with E-state index in [1.54, 1.807) is 0 Å². The van der Waals surface area contributed by atoms with E-state index in [0.717, 1.165) is 31.6 Å². The summed E-state index contributed by atoms with van der Waals surface area (Å²) in [4.78, 5) is 0. The number of hydrogen-bond acceptors (Lipinski definition) is 4. The van der Waals surface area contributed by atoms with E-state index in [1.165, 1.54) is 44.9 Å². The fourth-order valence-corrected chi connectivity index (χ4v) is 6.42. The van der Waals surface area contributed by atoms with Crippen LogP contribution in [0.5, 0.6) is 0 Å². The van der Waals surface area contributed by atoms with Gasteiger partial charge in [-0.2, -0.15) is 8.78 Å². The molecule has 0 aliphatic heterocycles. The Hall–Kier alpha value is 3.44. The minimum Gasteiger partial charge on any atom is -0.211 e. The summed E-state index contributed by atoms with van der Waals surface area (Å²) in [7, 11) is -9.50. The Bertz CT molecular complexity index is 654. The van der Waals surface area contributed by atoms with Crippen LogP contribution in [0, 0.1) is 11.8 Å². The smallest absolute Gasteiger partial charge is 0.211 e. The number of rotatable bonds is 10. The molecule has 0 amide bonds. The van der Waals surface area contributed by atoms with E-state index in [2.05, 4.69) is 15.1 Å². The molecule has 2 fully saturated rings. The van der Waals surface area contributed by atoms with Crippen LogP contribution in [-0.4, -0.2) is 24.1 Å². The first kappa shape index (κ1) is 39.0. The van der Waals surface area contributed by atoms with E-state index in [0.29, 0.717) is 12.3 Å². The van der Waals surface area contributed by atoms with Crippen molar-refractivity contribution in [2.45, 2.75) is 96.2 Å². The monoisotopic (exact) mass is 583 g/mol. The predicted molar refractivity (Wildman–Crippen MR) is 105 cm³/mol. The van der Waals surface area contributed by atoms with E-state index in [-0.39, 0.29) is 126 Å². The van der Waals surface area contributed by atoms with E-state index < -0.39 is 31.5 Å². The quantitative estimate of drug-likeness (QED) is 0.344. The Kier molecular flexibility index (Phi) is 27.0. The van der Waals surface area contributed by atoms with Gasteiger partial charge in [-0.1, -0.05) is 85.7 Å². The standard InChI is InChI=1S/C9H16F3NO4S2.C9H18.Fe.2K/c10-9(11)19(16,17-12)13-18(14,15)7-3-6-8-4-1-2-5-8;1-2-3-6-9-7-4-5-8-9;;;/h8-9H,1-7H2;9H,2-8H2,1H3;;;/q;;;2*+1. The van der Waals surface area contributed by atoms with Crippen LogP contribution in [0.1, 0.15) is 90.4 Å². The van der Waals surface area contributed by atoms with Crippen molar-refractivity contribution in [1.29, 1.82) is 0 Å². The summed E-state index contributed by atoms with van der Waals surface area (Å²) in [5.74, 6) is -2.80. The van der Waals surface area contributed by atoms with Crippen molar-refractivity contribution >= 4 is 20.0 Å². The molecule has 13 heteroatoms. The molecule has 0 N–H and O–H groups in total. The van der Waals surface area contributed by atoms with Gasteiger partial charge in [0.05, 0.1) is 5.75 Å². The molecule has 2 saturated carbocycles. The summed E-state index contributed by atoms with van der Waals surface area (Å²) in [5, 5.41) is 0. The average Bonchev–Trinajstić information content (AvgIpc) is 3.33. The summed E-state index contributed by atoms with van der Waals surface area (Å²) in [6, 6.07) is 0. The average molecular weight is 584 g/mol. The molecule has 1 atom stereocenters. The van der Waals surface area contributed by atoms with Gasteiger partial charge in [0.25, 0.3) is 20.0 Å². The van der Waals surface area contributed by atoms with Crippen LogP contribution in [0.4, 0.5) is 13.3 Å². The van der Waals surface area contributed by atoms with Crippen molar-refractivity contribution in [3.8, 4) is 0 Å². The van der Waals surface area contributed by atoms with Crippen molar-refractivity contribution in [3.63, 3.8) is 0 Å². The first-order valence-corrected chi connectivity index (χ1v) is 13.4. The van der Waals surface area contributed by atoms with Crippen LogP contribution in [0.15, 0.2) is 3.77 Å². The molecule has 0 heterocycles. The van der Waals surface area contributed by atoms with E-state index in [4.69, 9.17) is 0 Å². The second kappa shape index (κ2) is 21.5. The Morgan fingerprint density at radius 3 is 1.68 bits per heavy atom. The molecule has 0 bridgehead atoms. The first-order valence-electron chi connectivity index (χ1n) is 10.3. The van der Waals surface area contributed by atoms with Gasteiger partial charge in [-0.3, -0.25) is 0 Å². The zero-order chi connectivity index (χ0) is 21.0. The largest absolute Gasteiger partial charge is 1.00 e. The fourth-order valence-electron chi connectivity index (χ4n) is 3.91. The summed E-state index contributed by atoms with van der Waals surface area (Å²) in [5.41, 5.74) is 0. The molecule has 0 radical (unpaired) electrons. The third kappa shape index (κ3) is 17.5. The van der Waals surface area contributed by atoms with Crippen LogP contribution in [0.2, 0.25) is 0 Å². The van der Waals surface area contributed by atoms with Gasteiger partial charge in [0.15, 0.2) is 0 Å². The maximum absolute atomic E-state index is 12.2. The molecule has 0 aromatic heterocycles. The van der Waals surface area contributed by atoms with E-state index >= 15 is 0 Å². The third-order valence-electron chi connectivity index (χ3n) is 5.46. The van der Waals surface area contributed by atoms with Crippen molar-refractivity contribution in [2.24, 2.45) is 15.6 Å². The van der Waals surface area contributed by atoms with E-state index in [9.17, 15) is 25.9 Å². The Morgan fingerprint density at radius 2 is 1.32 bits per heavy atom. The van der Waals surface area contributed by atoms with E-state index in [1.807, 2.05) is 0 Å². The summed E-state index contributed by atoms with van der Waals surface area (Å²) >= 11 is 0. The molecule has 31 heavy (non-hydrogen) atoms. The molecule has 0 spiro atoms. The van der Waals surface area contributed by atoms with Gasteiger partial charge >= 0.3 is 109 Å². The second-order valence-corrected chi connectivity index (χ2v) is 11.5. The maximum atomic E-state index is 12.2. The minimum atomic E-state index is -5.11. The number of nitrogens with zero attached hydrogens (tertiary/aromatic N) is 1. The SMILES string of the molecule is CCCCC1CCCC1.O=S(=O)(CCCC1CCCC1)N=S(=O)(OF)C(F)F.[Fe].[K+].[K+]. The molecule has 2 aliphatic carbocycles. The second-order valence-electron chi connectivity index (χ2n) is 7.78. The molecule has 176 valence electrons. The first-order chi connectivity index (χ1) is 13.2. The van der Waals surface area contributed by atoms with Crippen molar-refractivity contribution in [3.05, 3.63) is 0 Å². The molecule has 2 aliphatic rings. The number of sulfonamides is 1. The molecule has 2 rings (SSSR count).